The molecule has 1 unspecified atom stereocenters. The summed E-state index contributed by atoms with van der Waals surface area (Å²) in [7, 11) is 0. The number of hydrogen-bond acceptors (Lipinski definition) is 3. The Morgan fingerprint density at radius 1 is 0.951 bits per heavy atom. The van der Waals surface area contributed by atoms with Gasteiger partial charge in [-0.25, -0.2) is 4.39 Å². The second kappa shape index (κ2) is 11.8. The van der Waals surface area contributed by atoms with E-state index >= 15 is 0 Å². The normalized spacial score (nSPS) is 15.0. The van der Waals surface area contributed by atoms with Crippen LogP contribution in [0.1, 0.15) is 43.5 Å². The standard InChI is InChI=1S/C30H22Cl2F4N2O2S/c31-21-7-10-23(25(32)15-21)28-24-12-14-41-26(24)11-13-38(28)27(39)17-37(16-18-1-8-22(33)9-2-18)29(40)19-3-5-20(6-4-19)30(34,35)36/h1-10,12,14-15,28H,11,13,16-17H2. The van der Waals surface area contributed by atoms with Crippen LogP contribution in [-0.2, 0) is 23.9 Å². The molecule has 0 fully saturated rings. The van der Waals surface area contributed by atoms with Crippen LogP contribution in [0, 0.1) is 5.82 Å². The second-order valence-corrected chi connectivity index (χ2v) is 11.4. The molecule has 212 valence electrons. The zero-order valence-electron chi connectivity index (χ0n) is 21.3. The first-order valence-corrected chi connectivity index (χ1v) is 14.2. The third-order valence-corrected chi connectivity index (χ3v) is 8.46. The summed E-state index contributed by atoms with van der Waals surface area (Å²) in [5.41, 5.74) is 1.26. The van der Waals surface area contributed by atoms with E-state index in [1.165, 1.54) is 29.2 Å². The van der Waals surface area contributed by atoms with Gasteiger partial charge in [0.25, 0.3) is 5.91 Å². The van der Waals surface area contributed by atoms with Crippen molar-refractivity contribution in [2.45, 2.75) is 25.2 Å². The van der Waals surface area contributed by atoms with Gasteiger partial charge in [0, 0.05) is 33.6 Å². The quantitative estimate of drug-likeness (QED) is 0.205. The summed E-state index contributed by atoms with van der Waals surface area (Å²) in [4.78, 5) is 31.5. The van der Waals surface area contributed by atoms with E-state index in [2.05, 4.69) is 0 Å². The SMILES string of the molecule is O=C(c1ccc(C(F)(F)F)cc1)N(CC(=O)N1CCc2sccc2C1c1ccc(Cl)cc1Cl)Cc1ccc(F)cc1. The summed E-state index contributed by atoms with van der Waals surface area (Å²) in [6.07, 6.45) is -3.94. The van der Waals surface area contributed by atoms with Gasteiger partial charge < -0.3 is 9.80 Å². The zero-order valence-corrected chi connectivity index (χ0v) is 23.6. The van der Waals surface area contributed by atoms with Crippen molar-refractivity contribution in [1.82, 2.24) is 9.80 Å². The summed E-state index contributed by atoms with van der Waals surface area (Å²) < 4.78 is 52.8. The Morgan fingerprint density at radius 3 is 2.32 bits per heavy atom. The van der Waals surface area contributed by atoms with Gasteiger partial charge in [0.15, 0.2) is 0 Å². The van der Waals surface area contributed by atoms with Crippen LogP contribution < -0.4 is 0 Å². The molecule has 0 bridgehead atoms. The highest BCUT2D eigenvalue weighted by atomic mass is 35.5. The van der Waals surface area contributed by atoms with Gasteiger partial charge in [-0.2, -0.15) is 13.2 Å². The molecule has 41 heavy (non-hydrogen) atoms. The molecule has 1 aliphatic rings. The van der Waals surface area contributed by atoms with Crippen molar-refractivity contribution in [3.05, 3.63) is 127 Å². The zero-order chi connectivity index (χ0) is 29.3. The van der Waals surface area contributed by atoms with Gasteiger partial charge in [0.2, 0.25) is 5.91 Å². The maximum absolute atomic E-state index is 13.9. The van der Waals surface area contributed by atoms with Gasteiger partial charge in [-0.15, -0.1) is 11.3 Å². The minimum atomic E-state index is -4.56. The van der Waals surface area contributed by atoms with E-state index < -0.39 is 29.5 Å². The molecule has 0 saturated carbocycles. The Balaban J connectivity index is 1.47. The van der Waals surface area contributed by atoms with Gasteiger partial charge in [-0.3, -0.25) is 9.59 Å². The Morgan fingerprint density at radius 2 is 1.66 bits per heavy atom. The van der Waals surface area contributed by atoms with Gasteiger partial charge in [0.1, 0.15) is 12.4 Å². The molecular weight excluding hydrogens is 599 g/mol. The smallest absolute Gasteiger partial charge is 0.330 e. The van der Waals surface area contributed by atoms with E-state index in [0.717, 1.165) is 34.7 Å². The van der Waals surface area contributed by atoms with E-state index in [9.17, 15) is 27.2 Å². The predicted molar refractivity (Wildman–Crippen MR) is 151 cm³/mol. The lowest BCUT2D eigenvalue weighted by Gasteiger charge is -2.38. The van der Waals surface area contributed by atoms with Crippen molar-refractivity contribution in [3.8, 4) is 0 Å². The van der Waals surface area contributed by atoms with E-state index in [-0.39, 0.29) is 24.6 Å². The first-order valence-electron chi connectivity index (χ1n) is 12.5. The lowest BCUT2D eigenvalue weighted by Crippen LogP contribution is -2.46. The number of carbonyl (C=O) groups excluding carboxylic acids is 2. The molecule has 1 atom stereocenters. The van der Waals surface area contributed by atoms with Crippen molar-refractivity contribution < 1.29 is 27.2 Å². The molecule has 3 aromatic carbocycles. The van der Waals surface area contributed by atoms with E-state index in [1.807, 2.05) is 11.4 Å². The third kappa shape index (κ3) is 6.42. The van der Waals surface area contributed by atoms with Crippen molar-refractivity contribution in [2.75, 3.05) is 13.1 Å². The number of hydrogen-bond donors (Lipinski definition) is 0. The van der Waals surface area contributed by atoms with Crippen LogP contribution in [0.5, 0.6) is 0 Å². The molecule has 0 aliphatic carbocycles. The number of thiophene rings is 1. The summed E-state index contributed by atoms with van der Waals surface area (Å²) in [5.74, 6) is -1.47. The second-order valence-electron chi connectivity index (χ2n) is 9.57. The fourth-order valence-electron chi connectivity index (χ4n) is 4.89. The Hall–Kier alpha value is -3.40. The molecule has 1 aliphatic heterocycles. The van der Waals surface area contributed by atoms with Crippen molar-refractivity contribution in [3.63, 3.8) is 0 Å². The van der Waals surface area contributed by atoms with Gasteiger partial charge in [-0.1, -0.05) is 41.4 Å². The van der Waals surface area contributed by atoms with Gasteiger partial charge in [-0.05, 0) is 83.1 Å². The Bertz CT molecular complexity index is 1570. The fraction of sp³-hybridized carbons (Fsp3) is 0.200. The van der Waals surface area contributed by atoms with Gasteiger partial charge >= 0.3 is 6.18 Å². The number of amides is 2. The first kappa shape index (κ1) is 29.1. The minimum Gasteiger partial charge on any atom is -0.330 e. The molecule has 2 amide bonds. The third-order valence-electron chi connectivity index (χ3n) is 6.90. The molecular formula is C30H22Cl2F4N2O2S. The molecule has 4 nitrogen and oxygen atoms in total. The van der Waals surface area contributed by atoms with Crippen LogP contribution >= 0.6 is 34.5 Å². The van der Waals surface area contributed by atoms with Crippen LogP contribution in [0.2, 0.25) is 10.0 Å². The fourth-order valence-corrected chi connectivity index (χ4v) is 6.31. The molecule has 0 N–H and O–H groups in total. The van der Waals surface area contributed by atoms with E-state index in [1.54, 1.807) is 34.4 Å². The lowest BCUT2D eigenvalue weighted by molar-refractivity contribution is -0.137. The van der Waals surface area contributed by atoms with Crippen LogP contribution in [0.25, 0.3) is 0 Å². The largest absolute Gasteiger partial charge is 0.416 e. The molecule has 1 aromatic heterocycles. The minimum absolute atomic E-state index is 0.0102. The molecule has 4 aromatic rings. The van der Waals surface area contributed by atoms with Crippen LogP contribution in [-0.4, -0.2) is 34.7 Å². The Labute approximate surface area is 247 Å². The highest BCUT2D eigenvalue weighted by Gasteiger charge is 2.35. The highest BCUT2D eigenvalue weighted by Crippen LogP contribution is 2.41. The molecule has 2 heterocycles. The number of fused-ring (bicyclic) bond motifs is 1. The average molecular weight is 621 g/mol. The van der Waals surface area contributed by atoms with Crippen LogP contribution in [0.3, 0.4) is 0 Å². The van der Waals surface area contributed by atoms with Crippen molar-refractivity contribution >= 4 is 46.4 Å². The number of halogens is 6. The Kier molecular flexibility index (Phi) is 8.40. The average Bonchev–Trinajstić information content (AvgIpc) is 3.42. The van der Waals surface area contributed by atoms with E-state index in [4.69, 9.17) is 23.2 Å². The van der Waals surface area contributed by atoms with Crippen molar-refractivity contribution in [1.29, 1.82) is 0 Å². The number of carbonyl (C=O) groups is 2. The summed E-state index contributed by atoms with van der Waals surface area (Å²) in [6.45, 7) is -0.0526. The predicted octanol–water partition coefficient (Wildman–Crippen LogP) is 8.03. The molecule has 0 saturated heterocycles. The van der Waals surface area contributed by atoms with Crippen LogP contribution in [0.15, 0.2) is 78.2 Å². The topological polar surface area (TPSA) is 40.6 Å². The maximum Gasteiger partial charge on any atom is 0.416 e. The molecule has 5 rings (SSSR count). The first-order chi connectivity index (χ1) is 19.5. The monoisotopic (exact) mass is 620 g/mol. The number of alkyl halides is 3. The lowest BCUT2D eigenvalue weighted by atomic mass is 9.93. The number of rotatable bonds is 6. The molecule has 0 spiro atoms. The van der Waals surface area contributed by atoms with Gasteiger partial charge in [0.05, 0.1) is 11.6 Å². The number of nitrogens with zero attached hydrogens (tertiary/aromatic N) is 2. The summed E-state index contributed by atoms with van der Waals surface area (Å²) >= 11 is 14.3. The summed E-state index contributed by atoms with van der Waals surface area (Å²) in [6, 6.07) is 15.8. The van der Waals surface area contributed by atoms with Crippen molar-refractivity contribution in [2.24, 2.45) is 0 Å². The van der Waals surface area contributed by atoms with E-state index in [0.29, 0.717) is 34.1 Å². The highest BCUT2D eigenvalue weighted by molar-refractivity contribution is 7.10. The summed E-state index contributed by atoms with van der Waals surface area (Å²) in [5, 5.41) is 2.79. The molecule has 11 heteroatoms. The molecule has 0 radical (unpaired) electrons. The van der Waals surface area contributed by atoms with Crippen LogP contribution in [0.4, 0.5) is 17.6 Å². The maximum atomic E-state index is 13.9. The number of benzene rings is 3.